The highest BCUT2D eigenvalue weighted by Gasteiger charge is 2.04. The molecule has 0 unspecified atom stereocenters. The van der Waals surface area contributed by atoms with Crippen molar-refractivity contribution in [3.8, 4) is 5.75 Å². The molecule has 1 aliphatic carbocycles. The van der Waals surface area contributed by atoms with Gasteiger partial charge in [0.15, 0.2) is 0 Å². The van der Waals surface area contributed by atoms with Crippen LogP contribution in [0, 0.1) is 0 Å². The van der Waals surface area contributed by atoms with Crippen molar-refractivity contribution in [2.45, 2.75) is 38.5 Å². The van der Waals surface area contributed by atoms with Crippen molar-refractivity contribution in [2.75, 3.05) is 7.11 Å². The van der Waals surface area contributed by atoms with Crippen LogP contribution in [0.3, 0.4) is 0 Å². The van der Waals surface area contributed by atoms with Gasteiger partial charge in [0.1, 0.15) is 5.75 Å². The maximum Gasteiger partial charge on any atom is 0.118 e. The quantitative estimate of drug-likeness (QED) is 0.710. The Morgan fingerprint density at radius 1 is 0.938 bits per heavy atom. The molecule has 0 saturated carbocycles. The average Bonchev–Trinajstić information content (AvgIpc) is 2.29. The van der Waals surface area contributed by atoms with Crippen LogP contribution in [-0.4, -0.2) is 7.11 Å². The van der Waals surface area contributed by atoms with Crippen molar-refractivity contribution in [1.29, 1.82) is 0 Å². The van der Waals surface area contributed by atoms with Gasteiger partial charge in [-0.05, 0) is 49.0 Å². The number of allylic oxidation sites excluding steroid dienone is 2. The molecule has 0 atom stereocenters. The van der Waals surface area contributed by atoms with Crippen LogP contribution in [0.25, 0.3) is 5.57 Å². The van der Waals surface area contributed by atoms with E-state index >= 15 is 0 Å². The van der Waals surface area contributed by atoms with Crippen LogP contribution in [0.2, 0.25) is 0 Å². The molecule has 16 heavy (non-hydrogen) atoms. The fourth-order valence-electron chi connectivity index (χ4n) is 2.26. The minimum absolute atomic E-state index is 0.940. The van der Waals surface area contributed by atoms with Gasteiger partial charge in [0, 0.05) is 0 Å². The first kappa shape index (κ1) is 11.3. The lowest BCUT2D eigenvalue weighted by Crippen LogP contribution is -1.91. The smallest absolute Gasteiger partial charge is 0.118 e. The highest BCUT2D eigenvalue weighted by atomic mass is 16.5. The van der Waals surface area contributed by atoms with E-state index in [1.54, 1.807) is 7.11 Å². The monoisotopic (exact) mass is 216 g/mol. The van der Waals surface area contributed by atoms with E-state index in [1.807, 2.05) is 0 Å². The van der Waals surface area contributed by atoms with Gasteiger partial charge < -0.3 is 4.74 Å². The molecule has 2 rings (SSSR count). The van der Waals surface area contributed by atoms with Gasteiger partial charge >= 0.3 is 0 Å². The largest absolute Gasteiger partial charge is 0.497 e. The molecule has 0 bridgehead atoms. The highest BCUT2D eigenvalue weighted by Crippen LogP contribution is 2.26. The number of rotatable bonds is 2. The first-order valence-electron chi connectivity index (χ1n) is 6.23. The molecule has 1 aromatic carbocycles. The topological polar surface area (TPSA) is 9.23 Å². The average molecular weight is 216 g/mol. The lowest BCUT2D eigenvalue weighted by Gasteiger charge is -2.12. The number of methoxy groups -OCH3 is 1. The number of ether oxygens (including phenoxy) is 1. The summed E-state index contributed by atoms with van der Waals surface area (Å²) in [6.45, 7) is 0. The van der Waals surface area contributed by atoms with Crippen LogP contribution in [0.5, 0.6) is 5.75 Å². The van der Waals surface area contributed by atoms with Gasteiger partial charge in [-0.25, -0.2) is 0 Å². The third-order valence-corrected chi connectivity index (χ3v) is 3.25. The van der Waals surface area contributed by atoms with Crippen LogP contribution >= 0.6 is 0 Å². The normalized spacial score (nSPS) is 20.4. The zero-order valence-corrected chi connectivity index (χ0v) is 10.0. The Bertz CT molecular complexity index is 348. The van der Waals surface area contributed by atoms with E-state index in [0.29, 0.717) is 0 Å². The second-order valence-corrected chi connectivity index (χ2v) is 4.41. The first-order chi connectivity index (χ1) is 7.90. The Kier molecular flexibility index (Phi) is 4.03. The molecule has 0 aliphatic heterocycles. The van der Waals surface area contributed by atoms with Gasteiger partial charge in [0.2, 0.25) is 0 Å². The maximum absolute atomic E-state index is 5.18. The van der Waals surface area contributed by atoms with E-state index in [1.165, 1.54) is 49.7 Å². The summed E-state index contributed by atoms with van der Waals surface area (Å²) in [5.74, 6) is 0.940. The molecule has 0 fully saturated rings. The predicted molar refractivity (Wildman–Crippen MR) is 68.7 cm³/mol. The van der Waals surface area contributed by atoms with Crippen molar-refractivity contribution in [1.82, 2.24) is 0 Å². The third-order valence-electron chi connectivity index (χ3n) is 3.25. The standard InChI is InChI=1S/C15H20O/c1-16-15-11-9-14(10-12-15)13-7-5-3-2-4-6-8-13/h7,9-12H,2-6,8H2,1H3/b13-7+. The van der Waals surface area contributed by atoms with Gasteiger partial charge in [0.05, 0.1) is 7.11 Å². The molecule has 0 N–H and O–H groups in total. The molecule has 0 spiro atoms. The summed E-state index contributed by atoms with van der Waals surface area (Å²) in [4.78, 5) is 0. The predicted octanol–water partition coefficient (Wildman–Crippen LogP) is 4.43. The van der Waals surface area contributed by atoms with Crippen LogP contribution < -0.4 is 4.74 Å². The van der Waals surface area contributed by atoms with Gasteiger partial charge in [-0.15, -0.1) is 0 Å². The van der Waals surface area contributed by atoms with Crippen LogP contribution in [0.15, 0.2) is 30.3 Å². The van der Waals surface area contributed by atoms with Crippen LogP contribution in [0.4, 0.5) is 0 Å². The summed E-state index contributed by atoms with van der Waals surface area (Å²) in [6.07, 6.45) is 10.3. The molecule has 1 nitrogen and oxygen atoms in total. The SMILES string of the molecule is COc1ccc(/C2=C/CCCCCC2)cc1. The molecule has 0 amide bonds. The number of benzene rings is 1. The zero-order valence-electron chi connectivity index (χ0n) is 10.0. The Balaban J connectivity index is 2.14. The molecular formula is C15H20O. The molecule has 1 aromatic rings. The van der Waals surface area contributed by atoms with E-state index in [-0.39, 0.29) is 0 Å². The second-order valence-electron chi connectivity index (χ2n) is 4.41. The van der Waals surface area contributed by atoms with Crippen molar-refractivity contribution in [3.63, 3.8) is 0 Å². The Labute approximate surface area is 98.1 Å². The summed E-state index contributed by atoms with van der Waals surface area (Å²) in [5.41, 5.74) is 2.88. The summed E-state index contributed by atoms with van der Waals surface area (Å²) >= 11 is 0. The third kappa shape index (κ3) is 2.88. The Morgan fingerprint density at radius 3 is 2.44 bits per heavy atom. The van der Waals surface area contributed by atoms with Crippen molar-refractivity contribution >= 4 is 5.57 Å². The number of hydrogen-bond acceptors (Lipinski definition) is 1. The molecule has 1 aliphatic rings. The number of hydrogen-bond donors (Lipinski definition) is 0. The first-order valence-corrected chi connectivity index (χ1v) is 6.23. The fraction of sp³-hybridized carbons (Fsp3) is 0.467. The van der Waals surface area contributed by atoms with Crippen molar-refractivity contribution in [3.05, 3.63) is 35.9 Å². The van der Waals surface area contributed by atoms with Gasteiger partial charge in [-0.3, -0.25) is 0 Å². The fourth-order valence-corrected chi connectivity index (χ4v) is 2.26. The van der Waals surface area contributed by atoms with Gasteiger partial charge in [0.25, 0.3) is 0 Å². The van der Waals surface area contributed by atoms with E-state index in [9.17, 15) is 0 Å². The lowest BCUT2D eigenvalue weighted by molar-refractivity contribution is 0.415. The Hall–Kier alpha value is -1.24. The summed E-state index contributed by atoms with van der Waals surface area (Å²) in [7, 11) is 1.71. The molecule has 0 heterocycles. The zero-order chi connectivity index (χ0) is 11.2. The van der Waals surface area contributed by atoms with E-state index in [4.69, 9.17) is 4.74 Å². The van der Waals surface area contributed by atoms with Crippen LogP contribution in [0.1, 0.15) is 44.1 Å². The Morgan fingerprint density at radius 2 is 1.69 bits per heavy atom. The lowest BCUT2D eigenvalue weighted by atomic mass is 9.95. The van der Waals surface area contributed by atoms with E-state index in [0.717, 1.165) is 5.75 Å². The van der Waals surface area contributed by atoms with Gasteiger partial charge in [-0.2, -0.15) is 0 Å². The molecule has 0 saturated heterocycles. The van der Waals surface area contributed by atoms with Gasteiger partial charge in [-0.1, -0.05) is 31.1 Å². The minimum Gasteiger partial charge on any atom is -0.497 e. The summed E-state index contributed by atoms with van der Waals surface area (Å²) < 4.78 is 5.18. The highest BCUT2D eigenvalue weighted by molar-refractivity contribution is 5.66. The molecule has 1 heteroatoms. The molecular weight excluding hydrogens is 196 g/mol. The molecule has 0 radical (unpaired) electrons. The van der Waals surface area contributed by atoms with Crippen molar-refractivity contribution < 1.29 is 4.74 Å². The van der Waals surface area contributed by atoms with E-state index in [2.05, 4.69) is 30.3 Å². The van der Waals surface area contributed by atoms with Crippen molar-refractivity contribution in [2.24, 2.45) is 0 Å². The molecule has 0 aromatic heterocycles. The minimum atomic E-state index is 0.940. The van der Waals surface area contributed by atoms with E-state index < -0.39 is 0 Å². The molecule has 86 valence electrons. The maximum atomic E-state index is 5.18. The summed E-state index contributed by atoms with van der Waals surface area (Å²) in [6, 6.07) is 8.45. The summed E-state index contributed by atoms with van der Waals surface area (Å²) in [5, 5.41) is 0. The second kappa shape index (κ2) is 5.74. The van der Waals surface area contributed by atoms with Crippen LogP contribution in [-0.2, 0) is 0 Å².